The second-order valence-electron chi connectivity index (χ2n) is 7.98. The standard InChI is InChI=1S/C26H18ClF3O7/c1-32-17-3-2-4-19(9-17)36-24-22(31)20-6-5-18(10-21(20)37-25(24)26(28,29)30)34-12-15-8-16(27)7-14-11-33-13-35-23(14)15/h2-10H,11-13H2,1H3. The quantitative estimate of drug-likeness (QED) is 0.272. The maximum atomic E-state index is 13.9. The Morgan fingerprint density at radius 1 is 1.03 bits per heavy atom. The largest absolute Gasteiger partial charge is 0.497 e. The number of methoxy groups -OCH3 is 1. The first-order valence-corrected chi connectivity index (χ1v) is 11.3. The lowest BCUT2D eigenvalue weighted by Crippen LogP contribution is -2.15. The highest BCUT2D eigenvalue weighted by atomic mass is 35.5. The second kappa shape index (κ2) is 9.87. The first-order chi connectivity index (χ1) is 17.7. The van der Waals surface area contributed by atoms with Crippen molar-refractivity contribution in [2.45, 2.75) is 19.4 Å². The predicted molar refractivity (Wildman–Crippen MR) is 127 cm³/mol. The molecule has 2 heterocycles. The van der Waals surface area contributed by atoms with Crippen LogP contribution in [0.5, 0.6) is 28.7 Å². The summed E-state index contributed by atoms with van der Waals surface area (Å²) in [5.41, 5.74) is 0.0801. The first kappa shape index (κ1) is 24.8. The van der Waals surface area contributed by atoms with Crippen LogP contribution in [0, 0.1) is 0 Å². The van der Waals surface area contributed by atoms with E-state index in [9.17, 15) is 18.0 Å². The SMILES string of the molecule is COc1cccc(Oc2c(C(F)(F)F)oc3cc(OCc4cc(Cl)cc5c4OCOC5)ccc3c2=O)c1. The van der Waals surface area contributed by atoms with Crippen molar-refractivity contribution in [1.82, 2.24) is 0 Å². The van der Waals surface area contributed by atoms with E-state index in [-0.39, 0.29) is 35.9 Å². The van der Waals surface area contributed by atoms with Gasteiger partial charge < -0.3 is 28.1 Å². The zero-order chi connectivity index (χ0) is 26.2. The van der Waals surface area contributed by atoms with Gasteiger partial charge in [0.25, 0.3) is 5.76 Å². The van der Waals surface area contributed by atoms with E-state index in [2.05, 4.69) is 0 Å². The van der Waals surface area contributed by atoms with E-state index in [1.165, 1.54) is 43.5 Å². The normalized spacial score (nSPS) is 13.1. The molecule has 7 nitrogen and oxygen atoms in total. The van der Waals surface area contributed by atoms with Gasteiger partial charge in [0.1, 0.15) is 35.2 Å². The lowest BCUT2D eigenvalue weighted by molar-refractivity contribution is -0.154. The molecule has 192 valence electrons. The van der Waals surface area contributed by atoms with Gasteiger partial charge in [-0.05, 0) is 36.4 Å². The molecule has 11 heteroatoms. The lowest BCUT2D eigenvalue weighted by atomic mass is 10.1. The summed E-state index contributed by atoms with van der Waals surface area (Å²) >= 11 is 6.17. The van der Waals surface area contributed by atoms with Gasteiger partial charge in [-0.15, -0.1) is 0 Å². The zero-order valence-electron chi connectivity index (χ0n) is 19.2. The Labute approximate surface area is 212 Å². The number of hydrogen-bond acceptors (Lipinski definition) is 7. The van der Waals surface area contributed by atoms with Crippen molar-refractivity contribution in [2.24, 2.45) is 0 Å². The topological polar surface area (TPSA) is 76.4 Å². The molecule has 37 heavy (non-hydrogen) atoms. The van der Waals surface area contributed by atoms with Crippen LogP contribution in [0.3, 0.4) is 0 Å². The summed E-state index contributed by atoms with van der Waals surface area (Å²) in [4.78, 5) is 13.0. The fourth-order valence-electron chi connectivity index (χ4n) is 3.83. The smallest absolute Gasteiger partial charge is 0.453 e. The number of fused-ring (bicyclic) bond motifs is 2. The molecule has 0 N–H and O–H groups in total. The third-order valence-electron chi connectivity index (χ3n) is 5.49. The Kier molecular flexibility index (Phi) is 6.61. The number of alkyl halides is 3. The Morgan fingerprint density at radius 3 is 2.62 bits per heavy atom. The fraction of sp³-hybridized carbons (Fsp3) is 0.192. The molecule has 3 aromatic carbocycles. The highest BCUT2D eigenvalue weighted by molar-refractivity contribution is 6.30. The molecule has 0 aliphatic carbocycles. The van der Waals surface area contributed by atoms with Gasteiger partial charge in [-0.3, -0.25) is 4.79 Å². The molecule has 0 fully saturated rings. The van der Waals surface area contributed by atoms with Crippen LogP contribution in [-0.2, 0) is 24.1 Å². The van der Waals surface area contributed by atoms with Crippen molar-refractivity contribution in [1.29, 1.82) is 0 Å². The van der Waals surface area contributed by atoms with Crippen LogP contribution in [0.2, 0.25) is 5.02 Å². The van der Waals surface area contributed by atoms with Crippen molar-refractivity contribution in [3.8, 4) is 28.7 Å². The molecule has 1 aromatic heterocycles. The molecule has 4 aromatic rings. The van der Waals surface area contributed by atoms with E-state index >= 15 is 0 Å². The zero-order valence-corrected chi connectivity index (χ0v) is 19.9. The number of benzene rings is 3. The van der Waals surface area contributed by atoms with Gasteiger partial charge >= 0.3 is 6.18 Å². The Balaban J connectivity index is 1.49. The molecule has 1 aliphatic heterocycles. The molecule has 0 unspecified atom stereocenters. The van der Waals surface area contributed by atoms with E-state index in [0.29, 0.717) is 28.7 Å². The average molecular weight is 535 g/mol. The Morgan fingerprint density at radius 2 is 1.84 bits per heavy atom. The van der Waals surface area contributed by atoms with Crippen molar-refractivity contribution in [2.75, 3.05) is 13.9 Å². The van der Waals surface area contributed by atoms with E-state index in [4.69, 9.17) is 39.7 Å². The van der Waals surface area contributed by atoms with Gasteiger partial charge in [0.05, 0.1) is 19.1 Å². The third-order valence-corrected chi connectivity index (χ3v) is 5.71. The molecule has 0 bridgehead atoms. The van der Waals surface area contributed by atoms with Crippen molar-refractivity contribution in [3.63, 3.8) is 0 Å². The minimum atomic E-state index is -5.00. The number of halogens is 4. The highest BCUT2D eigenvalue weighted by Gasteiger charge is 2.40. The minimum Gasteiger partial charge on any atom is -0.497 e. The monoisotopic (exact) mass is 534 g/mol. The summed E-state index contributed by atoms with van der Waals surface area (Å²) in [7, 11) is 1.40. The van der Waals surface area contributed by atoms with E-state index in [0.717, 1.165) is 5.56 Å². The van der Waals surface area contributed by atoms with Gasteiger partial charge in [0.2, 0.25) is 11.2 Å². The number of hydrogen-bond donors (Lipinski definition) is 0. The molecule has 0 spiro atoms. The van der Waals surface area contributed by atoms with Crippen LogP contribution < -0.4 is 24.4 Å². The molecule has 5 rings (SSSR count). The van der Waals surface area contributed by atoms with Crippen LogP contribution in [0.1, 0.15) is 16.9 Å². The summed E-state index contributed by atoms with van der Waals surface area (Å²) in [5, 5.41) is 0.341. The molecule has 0 saturated heterocycles. The van der Waals surface area contributed by atoms with Crippen LogP contribution in [0.4, 0.5) is 13.2 Å². The molecule has 0 radical (unpaired) electrons. The average Bonchev–Trinajstić information content (AvgIpc) is 2.88. The maximum Gasteiger partial charge on any atom is 0.453 e. The minimum absolute atomic E-state index is 0.00178. The summed E-state index contributed by atoms with van der Waals surface area (Å²) in [5.74, 6) is -1.48. The second-order valence-corrected chi connectivity index (χ2v) is 8.42. The Bertz CT molecular complexity index is 1530. The molecule has 0 saturated carbocycles. The van der Waals surface area contributed by atoms with Gasteiger partial charge in [0, 0.05) is 28.3 Å². The van der Waals surface area contributed by atoms with Gasteiger partial charge in [-0.2, -0.15) is 13.2 Å². The first-order valence-electron chi connectivity index (χ1n) is 10.9. The van der Waals surface area contributed by atoms with E-state index in [1.54, 1.807) is 18.2 Å². The van der Waals surface area contributed by atoms with Gasteiger partial charge in [-0.1, -0.05) is 17.7 Å². The van der Waals surface area contributed by atoms with Gasteiger partial charge in [0.15, 0.2) is 6.79 Å². The number of ether oxygens (including phenoxy) is 5. The van der Waals surface area contributed by atoms with Crippen molar-refractivity contribution < 1.29 is 41.3 Å². The maximum absolute atomic E-state index is 13.9. The molecular weight excluding hydrogens is 517 g/mol. The molecule has 0 amide bonds. The van der Waals surface area contributed by atoms with E-state index < -0.39 is 23.1 Å². The third kappa shape index (κ3) is 5.16. The van der Waals surface area contributed by atoms with Crippen molar-refractivity contribution in [3.05, 3.63) is 86.7 Å². The Hall–Kier alpha value is -3.89. The summed E-state index contributed by atoms with van der Waals surface area (Å²) in [6, 6.07) is 13.2. The summed E-state index contributed by atoms with van der Waals surface area (Å²) in [6.45, 7) is 0.398. The highest BCUT2D eigenvalue weighted by Crippen LogP contribution is 2.39. The lowest BCUT2D eigenvalue weighted by Gasteiger charge is -2.21. The van der Waals surface area contributed by atoms with Crippen molar-refractivity contribution >= 4 is 22.6 Å². The molecule has 0 atom stereocenters. The van der Waals surface area contributed by atoms with E-state index in [1.807, 2.05) is 0 Å². The summed E-state index contributed by atoms with van der Waals surface area (Å²) < 4.78 is 73.7. The molecular formula is C26H18ClF3O7. The predicted octanol–water partition coefficient (Wildman–Crippen LogP) is 6.71. The molecule has 1 aliphatic rings. The van der Waals surface area contributed by atoms with Crippen LogP contribution in [0.25, 0.3) is 11.0 Å². The fourth-order valence-corrected chi connectivity index (χ4v) is 4.10. The van der Waals surface area contributed by atoms with Crippen LogP contribution in [0.15, 0.2) is 63.8 Å². The summed E-state index contributed by atoms with van der Waals surface area (Å²) in [6.07, 6.45) is -5.00. The number of rotatable bonds is 6. The van der Waals surface area contributed by atoms with Gasteiger partial charge in [-0.25, -0.2) is 0 Å². The van der Waals surface area contributed by atoms with Crippen LogP contribution in [-0.4, -0.2) is 13.9 Å². The van der Waals surface area contributed by atoms with Crippen LogP contribution >= 0.6 is 11.6 Å².